The summed E-state index contributed by atoms with van der Waals surface area (Å²) in [5.74, 6) is 1.12. The van der Waals surface area contributed by atoms with Crippen molar-refractivity contribution in [3.8, 4) is 0 Å². The first-order valence-electron chi connectivity index (χ1n) is 7.17. The molecule has 1 unspecified atom stereocenters. The highest BCUT2D eigenvalue weighted by molar-refractivity contribution is 7.99. The molecule has 0 saturated heterocycles. The standard InChI is InChI=1S/C16H22N2S2/c1-3-9-18-16(10-15-11-17-12-20-15)13-5-7-14(8-6-13)19-4-2/h5-8,11-12,16,18H,3-4,9-10H2,1-2H3. The van der Waals surface area contributed by atoms with E-state index in [1.165, 1.54) is 15.3 Å². The Kier molecular flexibility index (Phi) is 6.57. The summed E-state index contributed by atoms with van der Waals surface area (Å²) in [4.78, 5) is 6.86. The van der Waals surface area contributed by atoms with Crippen molar-refractivity contribution in [3.05, 3.63) is 46.4 Å². The van der Waals surface area contributed by atoms with E-state index >= 15 is 0 Å². The molecule has 1 heterocycles. The molecule has 0 aliphatic rings. The predicted molar refractivity (Wildman–Crippen MR) is 89.7 cm³/mol. The van der Waals surface area contributed by atoms with Crippen molar-refractivity contribution in [2.75, 3.05) is 12.3 Å². The maximum absolute atomic E-state index is 4.18. The van der Waals surface area contributed by atoms with E-state index in [2.05, 4.69) is 48.4 Å². The van der Waals surface area contributed by atoms with E-state index < -0.39 is 0 Å². The summed E-state index contributed by atoms with van der Waals surface area (Å²) in [6.45, 7) is 5.45. The number of hydrogen-bond donors (Lipinski definition) is 1. The second kappa shape index (κ2) is 8.45. The molecule has 0 aliphatic heterocycles. The average Bonchev–Trinajstić information content (AvgIpc) is 2.98. The molecule has 1 N–H and O–H groups in total. The first kappa shape index (κ1) is 15.5. The van der Waals surface area contributed by atoms with Crippen LogP contribution in [0.3, 0.4) is 0 Å². The van der Waals surface area contributed by atoms with E-state index in [0.29, 0.717) is 6.04 Å². The minimum atomic E-state index is 0.385. The van der Waals surface area contributed by atoms with Crippen LogP contribution in [0.2, 0.25) is 0 Å². The van der Waals surface area contributed by atoms with Gasteiger partial charge in [0.25, 0.3) is 0 Å². The highest BCUT2D eigenvalue weighted by Crippen LogP contribution is 2.24. The van der Waals surface area contributed by atoms with Gasteiger partial charge in [-0.2, -0.15) is 0 Å². The van der Waals surface area contributed by atoms with Crippen LogP contribution in [0.5, 0.6) is 0 Å². The molecule has 0 aliphatic carbocycles. The van der Waals surface area contributed by atoms with Gasteiger partial charge in [-0.15, -0.1) is 23.1 Å². The third-order valence-corrected chi connectivity index (χ3v) is 4.82. The van der Waals surface area contributed by atoms with Crippen LogP contribution in [-0.4, -0.2) is 17.3 Å². The van der Waals surface area contributed by atoms with Gasteiger partial charge in [0.15, 0.2) is 0 Å². The zero-order valence-electron chi connectivity index (χ0n) is 12.1. The van der Waals surface area contributed by atoms with Gasteiger partial charge in [-0.1, -0.05) is 26.0 Å². The monoisotopic (exact) mass is 306 g/mol. The molecule has 20 heavy (non-hydrogen) atoms. The van der Waals surface area contributed by atoms with Crippen molar-refractivity contribution in [2.24, 2.45) is 0 Å². The largest absolute Gasteiger partial charge is 0.310 e. The molecule has 1 atom stereocenters. The average molecular weight is 307 g/mol. The Bertz CT molecular complexity index is 480. The smallest absolute Gasteiger partial charge is 0.0794 e. The fraction of sp³-hybridized carbons (Fsp3) is 0.438. The van der Waals surface area contributed by atoms with Gasteiger partial charge >= 0.3 is 0 Å². The van der Waals surface area contributed by atoms with E-state index in [4.69, 9.17) is 0 Å². The van der Waals surface area contributed by atoms with Crippen LogP contribution in [0, 0.1) is 0 Å². The van der Waals surface area contributed by atoms with Crippen LogP contribution in [0.15, 0.2) is 40.9 Å². The van der Waals surface area contributed by atoms with Gasteiger partial charge in [0.05, 0.1) is 5.51 Å². The number of nitrogens with zero attached hydrogens (tertiary/aromatic N) is 1. The lowest BCUT2D eigenvalue weighted by Crippen LogP contribution is -2.23. The summed E-state index contributed by atoms with van der Waals surface area (Å²) in [6.07, 6.45) is 4.15. The Balaban J connectivity index is 2.08. The number of aromatic nitrogens is 1. The lowest BCUT2D eigenvalue weighted by Gasteiger charge is -2.18. The van der Waals surface area contributed by atoms with Crippen molar-refractivity contribution in [1.82, 2.24) is 10.3 Å². The van der Waals surface area contributed by atoms with Crippen LogP contribution >= 0.6 is 23.1 Å². The molecule has 0 saturated carbocycles. The number of hydrogen-bond acceptors (Lipinski definition) is 4. The van der Waals surface area contributed by atoms with Crippen LogP contribution in [0.1, 0.15) is 36.8 Å². The van der Waals surface area contributed by atoms with Crippen molar-refractivity contribution in [2.45, 2.75) is 37.6 Å². The molecular formula is C16H22N2S2. The highest BCUT2D eigenvalue weighted by Gasteiger charge is 2.12. The third-order valence-electron chi connectivity index (χ3n) is 3.12. The van der Waals surface area contributed by atoms with Gasteiger partial charge in [0.1, 0.15) is 0 Å². The number of rotatable bonds is 8. The van der Waals surface area contributed by atoms with Crippen molar-refractivity contribution >= 4 is 23.1 Å². The van der Waals surface area contributed by atoms with Gasteiger partial charge in [-0.25, -0.2) is 0 Å². The Morgan fingerprint density at radius 2 is 2.05 bits per heavy atom. The first-order valence-corrected chi connectivity index (χ1v) is 9.03. The minimum absolute atomic E-state index is 0.385. The van der Waals surface area contributed by atoms with Gasteiger partial charge in [-0.05, 0) is 36.4 Å². The summed E-state index contributed by atoms with van der Waals surface area (Å²) in [7, 11) is 0. The van der Waals surface area contributed by atoms with Gasteiger partial charge in [-0.3, -0.25) is 4.98 Å². The van der Waals surface area contributed by atoms with Gasteiger partial charge in [0, 0.05) is 28.4 Å². The molecule has 0 bridgehead atoms. The van der Waals surface area contributed by atoms with Crippen LogP contribution in [0.4, 0.5) is 0 Å². The Morgan fingerprint density at radius 3 is 2.65 bits per heavy atom. The summed E-state index contributed by atoms with van der Waals surface area (Å²) in [5, 5.41) is 3.65. The van der Waals surface area contributed by atoms with Crippen molar-refractivity contribution in [3.63, 3.8) is 0 Å². The molecule has 2 rings (SSSR count). The molecule has 0 amide bonds. The van der Waals surface area contributed by atoms with E-state index in [1.807, 2.05) is 23.5 Å². The van der Waals surface area contributed by atoms with Crippen molar-refractivity contribution < 1.29 is 0 Å². The van der Waals surface area contributed by atoms with Crippen LogP contribution < -0.4 is 5.32 Å². The minimum Gasteiger partial charge on any atom is -0.310 e. The second-order valence-electron chi connectivity index (χ2n) is 4.68. The molecule has 108 valence electrons. The van der Waals surface area contributed by atoms with E-state index in [-0.39, 0.29) is 0 Å². The maximum atomic E-state index is 4.18. The normalized spacial score (nSPS) is 12.5. The lowest BCUT2D eigenvalue weighted by atomic mass is 10.0. The number of benzene rings is 1. The Morgan fingerprint density at radius 1 is 1.25 bits per heavy atom. The molecule has 2 nitrogen and oxygen atoms in total. The van der Waals surface area contributed by atoms with Crippen LogP contribution in [0.25, 0.3) is 0 Å². The zero-order chi connectivity index (χ0) is 14.2. The molecular weight excluding hydrogens is 284 g/mol. The Hall–Kier alpha value is -0.840. The summed E-state index contributed by atoms with van der Waals surface area (Å²) in [6, 6.07) is 9.36. The molecule has 1 aromatic carbocycles. The first-order chi connectivity index (χ1) is 9.83. The Labute approximate surface area is 130 Å². The molecule has 1 aromatic heterocycles. The van der Waals surface area contributed by atoms with Crippen molar-refractivity contribution in [1.29, 1.82) is 0 Å². The van der Waals surface area contributed by atoms with Gasteiger partial charge in [0.2, 0.25) is 0 Å². The molecule has 2 aromatic rings. The quantitative estimate of drug-likeness (QED) is 0.725. The number of thiazole rings is 1. The molecule has 0 fully saturated rings. The fourth-order valence-electron chi connectivity index (χ4n) is 2.13. The predicted octanol–water partition coefficient (Wildman–Crippen LogP) is 4.54. The SMILES string of the molecule is CCCNC(Cc1cncs1)c1ccc(SCC)cc1. The lowest BCUT2D eigenvalue weighted by molar-refractivity contribution is 0.532. The number of nitrogens with one attached hydrogen (secondary N) is 1. The topological polar surface area (TPSA) is 24.9 Å². The summed E-state index contributed by atoms with van der Waals surface area (Å²) < 4.78 is 0. The fourth-order valence-corrected chi connectivity index (χ4v) is 3.44. The second-order valence-corrected chi connectivity index (χ2v) is 6.99. The highest BCUT2D eigenvalue weighted by atomic mass is 32.2. The summed E-state index contributed by atoms with van der Waals surface area (Å²) >= 11 is 3.63. The van der Waals surface area contributed by atoms with E-state index in [0.717, 1.165) is 25.1 Å². The van der Waals surface area contributed by atoms with Crippen LogP contribution in [-0.2, 0) is 6.42 Å². The maximum Gasteiger partial charge on any atom is 0.0794 e. The molecule has 0 spiro atoms. The number of thioether (sulfide) groups is 1. The zero-order valence-corrected chi connectivity index (χ0v) is 13.8. The van der Waals surface area contributed by atoms with E-state index in [9.17, 15) is 0 Å². The van der Waals surface area contributed by atoms with E-state index in [1.54, 1.807) is 11.3 Å². The summed E-state index contributed by atoms with van der Waals surface area (Å²) in [5.41, 5.74) is 3.28. The molecule has 0 radical (unpaired) electrons. The third kappa shape index (κ3) is 4.62. The van der Waals surface area contributed by atoms with Gasteiger partial charge < -0.3 is 5.32 Å². The molecule has 4 heteroatoms.